The molecule has 0 unspecified atom stereocenters. The molecule has 0 aliphatic rings. The molecule has 0 saturated heterocycles. The van der Waals surface area contributed by atoms with E-state index in [1.54, 1.807) is 18.5 Å². The number of aryl methyl sites for hydroxylation is 1. The van der Waals surface area contributed by atoms with Crippen molar-refractivity contribution in [3.8, 4) is 27.8 Å². The number of nitrogens with one attached hydrogen (secondary N) is 2. The Bertz CT molecular complexity index is 1390. The highest BCUT2D eigenvalue weighted by atomic mass is 32.1. The molecule has 0 aliphatic heterocycles. The maximum absolute atomic E-state index is 11.5. The molecule has 148 valence electrons. The van der Waals surface area contributed by atoms with Gasteiger partial charge in [-0.25, -0.2) is 24.7 Å². The molecule has 5 aromatic rings. The quantitative estimate of drug-likeness (QED) is 0.452. The summed E-state index contributed by atoms with van der Waals surface area (Å²) in [5.41, 5.74) is 4.77. The van der Waals surface area contributed by atoms with E-state index in [2.05, 4.69) is 24.9 Å². The van der Waals surface area contributed by atoms with Crippen LogP contribution < -0.4 is 10.4 Å². The minimum Gasteiger partial charge on any atom is -0.456 e. The summed E-state index contributed by atoms with van der Waals surface area (Å²) < 4.78 is 5.61. The van der Waals surface area contributed by atoms with E-state index in [0.29, 0.717) is 12.6 Å². The number of imidazole rings is 1. The molecule has 0 spiro atoms. The van der Waals surface area contributed by atoms with Gasteiger partial charge in [0, 0.05) is 18.0 Å². The number of aromatic amines is 2. The molecule has 4 heterocycles. The summed E-state index contributed by atoms with van der Waals surface area (Å²) >= 11 is 1.53. The average Bonchev–Trinajstić information content (AvgIpc) is 3.33. The largest absolute Gasteiger partial charge is 0.456 e. The molecule has 0 aliphatic carbocycles. The van der Waals surface area contributed by atoms with Crippen LogP contribution in [0.25, 0.3) is 32.9 Å². The summed E-state index contributed by atoms with van der Waals surface area (Å²) in [6, 6.07) is 13.7. The third-order valence-electron chi connectivity index (χ3n) is 4.50. The fraction of sp³-hybridized carbons (Fsp3) is 0.0952. The van der Waals surface area contributed by atoms with Gasteiger partial charge < -0.3 is 14.7 Å². The maximum atomic E-state index is 11.5. The van der Waals surface area contributed by atoms with Crippen LogP contribution in [0.2, 0.25) is 0 Å². The number of fused-ring (bicyclic) bond motifs is 1. The summed E-state index contributed by atoms with van der Waals surface area (Å²) in [6.07, 6.45) is 3.27. The number of thiazole rings is 1. The van der Waals surface area contributed by atoms with Crippen molar-refractivity contribution >= 4 is 22.4 Å². The fourth-order valence-electron chi connectivity index (χ4n) is 3.15. The number of hydrogen-bond donors (Lipinski definition) is 2. The Morgan fingerprint density at radius 3 is 2.63 bits per heavy atom. The smallest absolute Gasteiger partial charge is 0.323 e. The third kappa shape index (κ3) is 3.58. The number of nitrogens with zero attached hydrogens (tertiary/aromatic N) is 4. The zero-order chi connectivity index (χ0) is 20.5. The first-order valence-corrected chi connectivity index (χ1v) is 10.0. The summed E-state index contributed by atoms with van der Waals surface area (Å²) in [7, 11) is 0. The molecule has 0 radical (unpaired) electrons. The molecule has 4 aromatic heterocycles. The average molecular weight is 416 g/mol. The van der Waals surface area contributed by atoms with Gasteiger partial charge in [-0.15, -0.1) is 11.3 Å². The van der Waals surface area contributed by atoms with Crippen molar-refractivity contribution < 1.29 is 4.74 Å². The van der Waals surface area contributed by atoms with Crippen LogP contribution in [-0.4, -0.2) is 29.9 Å². The zero-order valence-corrected chi connectivity index (χ0v) is 16.7. The van der Waals surface area contributed by atoms with E-state index in [4.69, 9.17) is 9.72 Å². The van der Waals surface area contributed by atoms with E-state index < -0.39 is 0 Å². The van der Waals surface area contributed by atoms with Crippen LogP contribution in [0.15, 0.2) is 59.7 Å². The predicted molar refractivity (Wildman–Crippen MR) is 114 cm³/mol. The Hall–Kier alpha value is -3.85. The monoisotopic (exact) mass is 416 g/mol. The van der Waals surface area contributed by atoms with Crippen LogP contribution >= 0.6 is 11.3 Å². The van der Waals surface area contributed by atoms with Gasteiger partial charge in [0.25, 0.3) is 0 Å². The Morgan fingerprint density at radius 1 is 0.967 bits per heavy atom. The van der Waals surface area contributed by atoms with Crippen molar-refractivity contribution in [3.63, 3.8) is 0 Å². The SMILES string of the molecule is Cc1nc(COc2ncccn2)sc1-c1cccc(-c2ccc3[nH]c(=O)[nH]c3c2)n1. The van der Waals surface area contributed by atoms with Crippen LogP contribution in [0, 0.1) is 6.92 Å². The second-order valence-electron chi connectivity index (χ2n) is 6.59. The van der Waals surface area contributed by atoms with Crippen LogP contribution in [-0.2, 0) is 6.61 Å². The van der Waals surface area contributed by atoms with Crippen molar-refractivity contribution in [2.24, 2.45) is 0 Å². The van der Waals surface area contributed by atoms with Crippen molar-refractivity contribution in [2.45, 2.75) is 13.5 Å². The first-order valence-electron chi connectivity index (χ1n) is 9.22. The van der Waals surface area contributed by atoms with Gasteiger partial charge in [0.05, 0.1) is 33.0 Å². The lowest BCUT2D eigenvalue weighted by atomic mass is 10.1. The van der Waals surface area contributed by atoms with Crippen LogP contribution in [0.1, 0.15) is 10.7 Å². The summed E-state index contributed by atoms with van der Waals surface area (Å²) in [5, 5.41) is 0.827. The first kappa shape index (κ1) is 18.2. The van der Waals surface area contributed by atoms with E-state index in [1.165, 1.54) is 11.3 Å². The van der Waals surface area contributed by atoms with Gasteiger partial charge in [0.2, 0.25) is 0 Å². The molecule has 0 atom stereocenters. The second-order valence-corrected chi connectivity index (χ2v) is 7.67. The van der Waals surface area contributed by atoms with Crippen LogP contribution in [0.4, 0.5) is 0 Å². The van der Waals surface area contributed by atoms with E-state index in [1.807, 2.05) is 43.3 Å². The molecule has 0 amide bonds. The number of ether oxygens (including phenoxy) is 1. The number of aromatic nitrogens is 6. The van der Waals surface area contributed by atoms with Gasteiger partial charge in [-0.2, -0.15) is 0 Å². The fourth-order valence-corrected chi connectivity index (χ4v) is 4.10. The molecule has 0 bridgehead atoms. The van der Waals surface area contributed by atoms with Gasteiger partial charge in [0.15, 0.2) is 0 Å². The zero-order valence-electron chi connectivity index (χ0n) is 15.9. The molecule has 1 aromatic carbocycles. The Kier molecular flexibility index (Phi) is 4.56. The lowest BCUT2D eigenvalue weighted by Crippen LogP contribution is -1.99. The topological polar surface area (TPSA) is 109 Å². The molecule has 8 nitrogen and oxygen atoms in total. The summed E-state index contributed by atoms with van der Waals surface area (Å²) in [6.45, 7) is 2.26. The molecule has 0 saturated carbocycles. The van der Waals surface area contributed by atoms with E-state index in [0.717, 1.165) is 43.6 Å². The minimum atomic E-state index is -0.222. The second kappa shape index (κ2) is 7.53. The van der Waals surface area contributed by atoms with E-state index in [9.17, 15) is 4.79 Å². The van der Waals surface area contributed by atoms with Gasteiger partial charge in [0.1, 0.15) is 11.6 Å². The number of pyridine rings is 1. The first-order chi connectivity index (χ1) is 14.7. The molecule has 5 rings (SSSR count). The minimum absolute atomic E-state index is 0.222. The lowest BCUT2D eigenvalue weighted by Gasteiger charge is -2.04. The van der Waals surface area contributed by atoms with Crippen molar-refractivity contribution in [1.82, 2.24) is 29.9 Å². The van der Waals surface area contributed by atoms with Crippen molar-refractivity contribution in [1.29, 1.82) is 0 Å². The standard InChI is InChI=1S/C21H16N6O2S/c1-12-19(30-18(24-12)11-29-21-22-8-3-9-23-21)16-5-2-4-14(25-16)13-6-7-15-17(10-13)27-20(28)26-15/h2-10H,11H2,1H3,(H2,26,27,28). The van der Waals surface area contributed by atoms with Gasteiger partial charge >= 0.3 is 11.7 Å². The Morgan fingerprint density at radius 2 is 1.77 bits per heavy atom. The highest BCUT2D eigenvalue weighted by molar-refractivity contribution is 7.15. The van der Waals surface area contributed by atoms with E-state index in [-0.39, 0.29) is 5.69 Å². The highest BCUT2D eigenvalue weighted by Gasteiger charge is 2.13. The lowest BCUT2D eigenvalue weighted by molar-refractivity contribution is 0.280. The summed E-state index contributed by atoms with van der Waals surface area (Å²) in [4.78, 5) is 35.6. The van der Waals surface area contributed by atoms with Crippen molar-refractivity contribution in [2.75, 3.05) is 0 Å². The van der Waals surface area contributed by atoms with Gasteiger partial charge in [-0.05, 0) is 37.3 Å². The molecule has 0 fully saturated rings. The third-order valence-corrected chi connectivity index (χ3v) is 5.65. The number of hydrogen-bond acceptors (Lipinski definition) is 7. The Balaban J connectivity index is 1.43. The van der Waals surface area contributed by atoms with Crippen LogP contribution in [0.3, 0.4) is 0 Å². The van der Waals surface area contributed by atoms with Crippen molar-refractivity contribution in [3.05, 3.63) is 76.0 Å². The van der Waals surface area contributed by atoms with E-state index >= 15 is 0 Å². The molecular weight excluding hydrogens is 400 g/mol. The van der Waals surface area contributed by atoms with Gasteiger partial charge in [-0.3, -0.25) is 0 Å². The number of H-pyrrole nitrogens is 2. The van der Waals surface area contributed by atoms with Gasteiger partial charge in [-0.1, -0.05) is 12.1 Å². The normalized spacial score (nSPS) is 11.1. The summed E-state index contributed by atoms with van der Waals surface area (Å²) in [5.74, 6) is 0. The molecule has 9 heteroatoms. The molecular formula is C21H16N6O2S. The highest BCUT2D eigenvalue weighted by Crippen LogP contribution is 2.31. The molecule has 30 heavy (non-hydrogen) atoms. The number of rotatable bonds is 5. The predicted octanol–water partition coefficient (Wildman–Crippen LogP) is 3.72. The maximum Gasteiger partial charge on any atom is 0.323 e. The Labute approximate surface area is 174 Å². The van der Waals surface area contributed by atoms with Crippen LogP contribution in [0.5, 0.6) is 6.01 Å². The number of benzene rings is 1. The molecule has 2 N–H and O–H groups in total.